The molecule has 17 heavy (non-hydrogen) atoms. The van der Waals surface area contributed by atoms with Crippen molar-refractivity contribution in [3.8, 4) is 11.5 Å². The zero-order valence-corrected chi connectivity index (χ0v) is 8.66. The first-order chi connectivity index (χ1) is 8.34. The first-order valence-electron chi connectivity index (χ1n) is 4.89. The van der Waals surface area contributed by atoms with Gasteiger partial charge in [-0.25, -0.2) is 9.89 Å². The molecule has 1 N–H and O–H groups in total. The van der Waals surface area contributed by atoms with Crippen LogP contribution in [0, 0.1) is 0 Å². The number of nitrogens with one attached hydrogen (secondary N) is 1. The number of para-hydroxylation sites is 1. The van der Waals surface area contributed by atoms with Crippen molar-refractivity contribution in [2.75, 3.05) is 6.79 Å². The van der Waals surface area contributed by atoms with Gasteiger partial charge in [0.05, 0.1) is 6.21 Å². The average Bonchev–Trinajstić information content (AvgIpc) is 2.95. The Morgan fingerprint density at radius 1 is 1.47 bits per heavy atom. The van der Waals surface area contributed by atoms with E-state index in [1.54, 1.807) is 0 Å². The minimum Gasteiger partial charge on any atom is -0.454 e. The van der Waals surface area contributed by atoms with E-state index in [-0.39, 0.29) is 6.79 Å². The van der Waals surface area contributed by atoms with Crippen LogP contribution < -0.4 is 15.2 Å². The van der Waals surface area contributed by atoms with Crippen LogP contribution in [0.3, 0.4) is 0 Å². The minimum absolute atomic E-state index is 0.200. The molecule has 1 aliphatic rings. The van der Waals surface area contributed by atoms with Gasteiger partial charge in [0.25, 0.3) is 0 Å². The van der Waals surface area contributed by atoms with E-state index < -0.39 is 5.69 Å². The molecule has 1 aromatic heterocycles. The van der Waals surface area contributed by atoms with Crippen LogP contribution >= 0.6 is 0 Å². The van der Waals surface area contributed by atoms with Crippen molar-refractivity contribution in [1.82, 2.24) is 14.9 Å². The van der Waals surface area contributed by atoms with Crippen LogP contribution in [-0.4, -0.2) is 27.9 Å². The van der Waals surface area contributed by atoms with E-state index in [2.05, 4.69) is 15.3 Å². The summed E-state index contributed by atoms with van der Waals surface area (Å²) in [5.41, 5.74) is 0.346. The fourth-order valence-electron chi connectivity index (χ4n) is 1.50. The molecule has 2 heterocycles. The standard InChI is InChI=1S/C10H8N4O3/c15-10-13-11-5-14(10)12-4-7-2-1-3-8-9(7)17-6-16-8/h1-5H,6H2,(H,13,15). The lowest BCUT2D eigenvalue weighted by molar-refractivity contribution is 0.174. The summed E-state index contributed by atoms with van der Waals surface area (Å²) < 4.78 is 11.6. The maximum atomic E-state index is 11.1. The highest BCUT2D eigenvalue weighted by Crippen LogP contribution is 2.34. The molecule has 0 amide bonds. The molecule has 3 rings (SSSR count). The van der Waals surface area contributed by atoms with Crippen LogP contribution in [0.4, 0.5) is 0 Å². The molecule has 0 bridgehead atoms. The topological polar surface area (TPSA) is 81.5 Å². The summed E-state index contributed by atoms with van der Waals surface area (Å²) in [4.78, 5) is 11.1. The molecular formula is C10H8N4O3. The molecule has 0 fully saturated rings. The lowest BCUT2D eigenvalue weighted by atomic mass is 10.2. The number of hydrogen-bond donors (Lipinski definition) is 1. The molecule has 7 heteroatoms. The van der Waals surface area contributed by atoms with Crippen LogP contribution in [0.5, 0.6) is 11.5 Å². The smallest absolute Gasteiger partial charge is 0.363 e. The Balaban J connectivity index is 1.97. The van der Waals surface area contributed by atoms with Crippen molar-refractivity contribution in [3.63, 3.8) is 0 Å². The van der Waals surface area contributed by atoms with Crippen molar-refractivity contribution < 1.29 is 9.47 Å². The summed E-state index contributed by atoms with van der Waals surface area (Å²) in [6.07, 6.45) is 2.81. The highest BCUT2D eigenvalue weighted by Gasteiger charge is 2.15. The molecule has 1 aliphatic heterocycles. The first-order valence-corrected chi connectivity index (χ1v) is 4.89. The van der Waals surface area contributed by atoms with Gasteiger partial charge in [-0.05, 0) is 12.1 Å². The van der Waals surface area contributed by atoms with E-state index in [1.807, 2.05) is 18.2 Å². The molecule has 0 spiro atoms. The van der Waals surface area contributed by atoms with Crippen LogP contribution in [0.1, 0.15) is 5.56 Å². The van der Waals surface area contributed by atoms with Crippen LogP contribution in [-0.2, 0) is 0 Å². The van der Waals surface area contributed by atoms with E-state index in [9.17, 15) is 4.79 Å². The van der Waals surface area contributed by atoms with Gasteiger partial charge in [-0.1, -0.05) is 6.07 Å². The highest BCUT2D eigenvalue weighted by atomic mass is 16.7. The number of hydrogen-bond acceptors (Lipinski definition) is 5. The van der Waals surface area contributed by atoms with Gasteiger partial charge in [0.2, 0.25) is 6.79 Å². The molecular weight excluding hydrogens is 224 g/mol. The molecule has 0 unspecified atom stereocenters. The van der Waals surface area contributed by atoms with Crippen molar-refractivity contribution in [2.24, 2.45) is 5.10 Å². The second-order valence-electron chi connectivity index (χ2n) is 3.33. The lowest BCUT2D eigenvalue weighted by Crippen LogP contribution is -2.11. The van der Waals surface area contributed by atoms with Crippen molar-refractivity contribution in [3.05, 3.63) is 40.6 Å². The molecule has 86 valence electrons. The van der Waals surface area contributed by atoms with Crippen molar-refractivity contribution in [2.45, 2.75) is 0 Å². The maximum absolute atomic E-state index is 11.1. The summed E-state index contributed by atoms with van der Waals surface area (Å²) >= 11 is 0. The van der Waals surface area contributed by atoms with Crippen molar-refractivity contribution in [1.29, 1.82) is 0 Å². The van der Waals surface area contributed by atoms with E-state index in [1.165, 1.54) is 12.5 Å². The summed E-state index contributed by atoms with van der Waals surface area (Å²) in [6, 6.07) is 5.46. The number of fused-ring (bicyclic) bond motifs is 1. The SMILES string of the molecule is O=c1[nH]ncn1N=Cc1cccc2c1OCO2. The third-order valence-corrected chi connectivity index (χ3v) is 2.28. The van der Waals surface area contributed by atoms with Gasteiger partial charge in [0, 0.05) is 5.56 Å². The number of aromatic amines is 1. The van der Waals surface area contributed by atoms with E-state index in [4.69, 9.17) is 9.47 Å². The van der Waals surface area contributed by atoms with Gasteiger partial charge < -0.3 is 9.47 Å². The molecule has 0 radical (unpaired) electrons. The van der Waals surface area contributed by atoms with E-state index in [0.717, 1.165) is 10.2 Å². The number of benzene rings is 1. The normalized spacial score (nSPS) is 13.4. The van der Waals surface area contributed by atoms with Crippen molar-refractivity contribution >= 4 is 6.21 Å². The van der Waals surface area contributed by atoms with Gasteiger partial charge in [-0.3, -0.25) is 0 Å². The Hall–Kier alpha value is -2.57. The quantitative estimate of drug-likeness (QED) is 0.749. The number of H-pyrrole nitrogens is 1. The molecule has 2 aromatic rings. The number of rotatable bonds is 2. The van der Waals surface area contributed by atoms with Gasteiger partial charge in [0.15, 0.2) is 11.5 Å². The van der Waals surface area contributed by atoms with Gasteiger partial charge >= 0.3 is 5.69 Å². The second-order valence-corrected chi connectivity index (χ2v) is 3.33. The largest absolute Gasteiger partial charge is 0.454 e. The van der Waals surface area contributed by atoms with Crippen LogP contribution in [0.2, 0.25) is 0 Å². The Kier molecular flexibility index (Phi) is 2.14. The summed E-state index contributed by atoms with van der Waals surface area (Å²) in [5, 5.41) is 9.77. The number of nitrogens with zero attached hydrogens (tertiary/aromatic N) is 3. The average molecular weight is 232 g/mol. The molecule has 0 aliphatic carbocycles. The van der Waals surface area contributed by atoms with Gasteiger partial charge in [0.1, 0.15) is 6.33 Å². The molecule has 0 saturated carbocycles. The minimum atomic E-state index is -0.397. The fraction of sp³-hybridized carbons (Fsp3) is 0.100. The van der Waals surface area contributed by atoms with E-state index in [0.29, 0.717) is 11.5 Å². The molecule has 1 aromatic carbocycles. The molecule has 0 atom stereocenters. The zero-order valence-electron chi connectivity index (χ0n) is 8.66. The third kappa shape index (κ3) is 1.67. The van der Waals surface area contributed by atoms with E-state index >= 15 is 0 Å². The highest BCUT2D eigenvalue weighted by molar-refractivity contribution is 5.85. The Morgan fingerprint density at radius 2 is 2.41 bits per heavy atom. The van der Waals surface area contributed by atoms with Gasteiger partial charge in [-0.2, -0.15) is 14.9 Å². The molecule has 7 nitrogen and oxygen atoms in total. The fourth-order valence-corrected chi connectivity index (χ4v) is 1.50. The third-order valence-electron chi connectivity index (χ3n) is 2.28. The Morgan fingerprint density at radius 3 is 3.24 bits per heavy atom. The lowest BCUT2D eigenvalue weighted by Gasteiger charge is -1.99. The monoisotopic (exact) mass is 232 g/mol. The summed E-state index contributed by atoms with van der Waals surface area (Å²) in [6.45, 7) is 0.200. The maximum Gasteiger partial charge on any atom is 0.363 e. The number of aromatic nitrogens is 3. The number of ether oxygens (including phenoxy) is 2. The zero-order chi connectivity index (χ0) is 11.7. The van der Waals surface area contributed by atoms with Gasteiger partial charge in [-0.15, -0.1) is 0 Å². The predicted molar refractivity (Wildman–Crippen MR) is 58.4 cm³/mol. The summed E-state index contributed by atoms with van der Waals surface area (Å²) in [5.74, 6) is 1.31. The molecule has 0 saturated heterocycles. The van der Waals surface area contributed by atoms with Crippen LogP contribution in [0.25, 0.3) is 0 Å². The Labute approximate surface area is 95.3 Å². The Bertz CT molecular complexity index is 628. The second kappa shape index (κ2) is 3.78. The predicted octanol–water partition coefficient (Wildman–Crippen LogP) is 0.182. The first kappa shape index (κ1) is 9.64. The van der Waals surface area contributed by atoms with Crippen LogP contribution in [0.15, 0.2) is 34.4 Å². The summed E-state index contributed by atoms with van der Waals surface area (Å²) in [7, 11) is 0.